The Morgan fingerprint density at radius 2 is 2.06 bits per heavy atom. The van der Waals surface area contributed by atoms with E-state index < -0.39 is 11.6 Å². The van der Waals surface area contributed by atoms with Gasteiger partial charge in [-0.3, -0.25) is 4.90 Å². The van der Waals surface area contributed by atoms with E-state index in [-0.39, 0.29) is 6.04 Å². The zero-order valence-corrected chi connectivity index (χ0v) is 8.92. The summed E-state index contributed by atoms with van der Waals surface area (Å²) < 4.78 is 26.8. The SMILES string of the molecule is NCC1c2c(F)cc(F)cc2CN1C1CC1. The summed E-state index contributed by atoms with van der Waals surface area (Å²) >= 11 is 0. The molecule has 16 heavy (non-hydrogen) atoms. The van der Waals surface area contributed by atoms with Crippen LogP contribution >= 0.6 is 0 Å². The first kappa shape index (κ1) is 10.2. The van der Waals surface area contributed by atoms with Crippen molar-refractivity contribution in [3.8, 4) is 0 Å². The Balaban J connectivity index is 2.04. The Morgan fingerprint density at radius 3 is 2.69 bits per heavy atom. The molecule has 2 aliphatic rings. The maximum Gasteiger partial charge on any atom is 0.131 e. The molecule has 2 nitrogen and oxygen atoms in total. The van der Waals surface area contributed by atoms with E-state index in [1.165, 1.54) is 6.07 Å². The van der Waals surface area contributed by atoms with Crippen molar-refractivity contribution in [2.45, 2.75) is 31.5 Å². The smallest absolute Gasteiger partial charge is 0.131 e. The highest BCUT2D eigenvalue weighted by atomic mass is 19.1. The summed E-state index contributed by atoms with van der Waals surface area (Å²) in [5.41, 5.74) is 7.08. The van der Waals surface area contributed by atoms with Gasteiger partial charge in [-0.1, -0.05) is 0 Å². The Morgan fingerprint density at radius 1 is 1.31 bits per heavy atom. The van der Waals surface area contributed by atoms with Gasteiger partial charge in [0.1, 0.15) is 11.6 Å². The molecule has 1 saturated carbocycles. The van der Waals surface area contributed by atoms with Crippen LogP contribution in [0.1, 0.15) is 30.0 Å². The van der Waals surface area contributed by atoms with Crippen LogP contribution in [0.25, 0.3) is 0 Å². The second-order valence-corrected chi connectivity index (χ2v) is 4.62. The molecular weight excluding hydrogens is 210 g/mol. The average molecular weight is 224 g/mol. The van der Waals surface area contributed by atoms with E-state index in [1.807, 2.05) is 0 Å². The number of hydrogen-bond acceptors (Lipinski definition) is 2. The minimum atomic E-state index is -0.496. The number of nitrogens with zero attached hydrogens (tertiary/aromatic N) is 1. The van der Waals surface area contributed by atoms with Crippen LogP contribution in [0.5, 0.6) is 0 Å². The molecule has 1 aromatic carbocycles. The minimum Gasteiger partial charge on any atom is -0.329 e. The van der Waals surface area contributed by atoms with Gasteiger partial charge in [0.05, 0.1) is 6.04 Å². The first-order chi connectivity index (χ1) is 7.70. The quantitative estimate of drug-likeness (QED) is 0.831. The highest BCUT2D eigenvalue weighted by molar-refractivity contribution is 5.37. The maximum atomic E-state index is 13.7. The molecular formula is C12H14F2N2. The number of halogens is 2. The molecule has 0 aromatic heterocycles. The average Bonchev–Trinajstić information content (AvgIpc) is 2.99. The summed E-state index contributed by atoms with van der Waals surface area (Å²) in [7, 11) is 0. The summed E-state index contributed by atoms with van der Waals surface area (Å²) in [6.07, 6.45) is 2.29. The van der Waals surface area contributed by atoms with Crippen molar-refractivity contribution in [3.63, 3.8) is 0 Å². The molecule has 1 aromatic rings. The predicted molar refractivity (Wildman–Crippen MR) is 56.7 cm³/mol. The molecule has 1 fully saturated rings. The Kier molecular flexibility index (Phi) is 2.23. The lowest BCUT2D eigenvalue weighted by atomic mass is 10.0. The summed E-state index contributed by atoms with van der Waals surface area (Å²) in [5.74, 6) is -0.946. The third-order valence-electron chi connectivity index (χ3n) is 3.51. The summed E-state index contributed by atoms with van der Waals surface area (Å²) in [6, 6.07) is 2.84. The van der Waals surface area contributed by atoms with Crippen LogP contribution in [0.15, 0.2) is 12.1 Å². The fraction of sp³-hybridized carbons (Fsp3) is 0.500. The Bertz CT molecular complexity index is 429. The zero-order valence-electron chi connectivity index (χ0n) is 8.92. The normalized spacial score (nSPS) is 24.8. The summed E-state index contributed by atoms with van der Waals surface area (Å²) in [6.45, 7) is 1.03. The van der Waals surface area contributed by atoms with Gasteiger partial charge in [-0.25, -0.2) is 8.78 Å². The minimum absolute atomic E-state index is 0.0666. The van der Waals surface area contributed by atoms with Gasteiger partial charge in [-0.15, -0.1) is 0 Å². The highest BCUT2D eigenvalue weighted by Crippen LogP contribution is 2.42. The van der Waals surface area contributed by atoms with Crippen molar-refractivity contribution in [3.05, 3.63) is 34.9 Å². The molecule has 3 rings (SSSR count). The standard InChI is InChI=1S/C12H14F2N2/c13-8-3-7-6-16(9-1-2-9)11(5-15)12(7)10(14)4-8/h3-4,9,11H,1-2,5-6,15H2. The molecule has 1 aliphatic heterocycles. The van der Waals surface area contributed by atoms with E-state index in [0.717, 1.165) is 24.5 Å². The molecule has 1 unspecified atom stereocenters. The molecule has 0 amide bonds. The Hall–Kier alpha value is -1.00. The lowest BCUT2D eigenvalue weighted by Gasteiger charge is -2.23. The molecule has 0 bridgehead atoms. The number of benzene rings is 1. The highest BCUT2D eigenvalue weighted by Gasteiger charge is 2.40. The number of fused-ring (bicyclic) bond motifs is 1. The number of nitrogens with two attached hydrogens (primary N) is 1. The fourth-order valence-corrected chi connectivity index (χ4v) is 2.66. The predicted octanol–water partition coefficient (Wildman–Crippen LogP) is 1.94. The molecule has 1 atom stereocenters. The summed E-state index contributed by atoms with van der Waals surface area (Å²) in [5, 5.41) is 0. The van der Waals surface area contributed by atoms with E-state index in [0.29, 0.717) is 24.7 Å². The molecule has 0 spiro atoms. The molecule has 1 aliphatic carbocycles. The maximum absolute atomic E-state index is 13.7. The van der Waals surface area contributed by atoms with Crippen LogP contribution in [0.2, 0.25) is 0 Å². The van der Waals surface area contributed by atoms with E-state index in [2.05, 4.69) is 4.90 Å². The molecule has 2 N–H and O–H groups in total. The first-order valence-electron chi connectivity index (χ1n) is 5.64. The van der Waals surface area contributed by atoms with Crippen molar-refractivity contribution in [2.24, 2.45) is 5.73 Å². The zero-order chi connectivity index (χ0) is 11.3. The molecule has 86 valence electrons. The molecule has 0 saturated heterocycles. The number of rotatable bonds is 2. The van der Waals surface area contributed by atoms with E-state index in [4.69, 9.17) is 5.73 Å². The van der Waals surface area contributed by atoms with E-state index in [1.54, 1.807) is 0 Å². The topological polar surface area (TPSA) is 29.3 Å². The third-order valence-corrected chi connectivity index (χ3v) is 3.51. The van der Waals surface area contributed by atoms with E-state index in [9.17, 15) is 8.78 Å². The van der Waals surface area contributed by atoms with Crippen LogP contribution in [0.3, 0.4) is 0 Å². The van der Waals surface area contributed by atoms with Crippen LogP contribution in [0, 0.1) is 11.6 Å². The van der Waals surface area contributed by atoms with Gasteiger partial charge in [0.25, 0.3) is 0 Å². The largest absolute Gasteiger partial charge is 0.329 e. The van der Waals surface area contributed by atoms with Crippen LogP contribution < -0.4 is 5.73 Å². The number of hydrogen-bond donors (Lipinski definition) is 1. The lowest BCUT2D eigenvalue weighted by molar-refractivity contribution is 0.207. The second kappa shape index (κ2) is 3.50. The third kappa shape index (κ3) is 1.44. The van der Waals surface area contributed by atoms with Crippen molar-refractivity contribution in [1.29, 1.82) is 0 Å². The van der Waals surface area contributed by atoms with Crippen molar-refractivity contribution in [1.82, 2.24) is 4.90 Å². The second-order valence-electron chi connectivity index (χ2n) is 4.62. The van der Waals surface area contributed by atoms with Gasteiger partial charge >= 0.3 is 0 Å². The van der Waals surface area contributed by atoms with Crippen molar-refractivity contribution in [2.75, 3.05) is 6.54 Å². The molecule has 0 radical (unpaired) electrons. The molecule has 4 heteroatoms. The van der Waals surface area contributed by atoms with Crippen LogP contribution in [-0.4, -0.2) is 17.5 Å². The van der Waals surface area contributed by atoms with Gasteiger partial charge in [0.15, 0.2) is 0 Å². The first-order valence-corrected chi connectivity index (χ1v) is 5.64. The van der Waals surface area contributed by atoms with Crippen molar-refractivity contribution >= 4 is 0 Å². The van der Waals surface area contributed by atoms with Crippen LogP contribution in [0.4, 0.5) is 8.78 Å². The summed E-state index contributed by atoms with van der Waals surface area (Å²) in [4.78, 5) is 2.20. The van der Waals surface area contributed by atoms with Gasteiger partial charge in [0.2, 0.25) is 0 Å². The van der Waals surface area contributed by atoms with Crippen molar-refractivity contribution < 1.29 is 8.78 Å². The van der Waals surface area contributed by atoms with Gasteiger partial charge < -0.3 is 5.73 Å². The monoisotopic (exact) mass is 224 g/mol. The van der Waals surface area contributed by atoms with Crippen LogP contribution in [-0.2, 0) is 6.54 Å². The van der Waals surface area contributed by atoms with E-state index >= 15 is 0 Å². The van der Waals surface area contributed by atoms with Gasteiger partial charge in [-0.05, 0) is 24.5 Å². The van der Waals surface area contributed by atoms with Gasteiger partial charge in [-0.2, -0.15) is 0 Å². The molecule has 1 heterocycles. The fourth-order valence-electron chi connectivity index (χ4n) is 2.66. The lowest BCUT2D eigenvalue weighted by Crippen LogP contribution is -2.30. The Labute approximate surface area is 93.0 Å². The van der Waals surface area contributed by atoms with Gasteiger partial charge in [0, 0.05) is 30.8 Å².